The van der Waals surface area contributed by atoms with Gasteiger partial charge >= 0.3 is 6.11 Å². The van der Waals surface area contributed by atoms with E-state index in [1.165, 1.54) is 0 Å². The highest BCUT2D eigenvalue weighted by Crippen LogP contribution is 2.44. The maximum Gasteiger partial charge on any atom is 0.400 e. The van der Waals surface area contributed by atoms with Crippen LogP contribution >= 0.6 is 0 Å². The van der Waals surface area contributed by atoms with Gasteiger partial charge in [-0.1, -0.05) is 31.9 Å². The monoisotopic (exact) mass is 478 g/mol. The van der Waals surface area contributed by atoms with Gasteiger partial charge in [0.2, 0.25) is 0 Å². The Morgan fingerprint density at radius 1 is 0.909 bits per heavy atom. The van der Waals surface area contributed by atoms with Gasteiger partial charge in [-0.2, -0.15) is 8.78 Å². The summed E-state index contributed by atoms with van der Waals surface area (Å²) in [4.78, 5) is 0. The first-order valence-corrected chi connectivity index (χ1v) is 11.6. The van der Waals surface area contributed by atoms with Crippen molar-refractivity contribution in [1.29, 1.82) is 0 Å². The van der Waals surface area contributed by atoms with Crippen molar-refractivity contribution in [3.8, 4) is 5.75 Å². The first-order valence-electron chi connectivity index (χ1n) is 11.6. The molecule has 0 N–H and O–H groups in total. The quantitative estimate of drug-likeness (QED) is 0.206. The molecule has 0 radical (unpaired) electrons. The van der Waals surface area contributed by atoms with Gasteiger partial charge in [0, 0.05) is 24.0 Å². The van der Waals surface area contributed by atoms with Crippen molar-refractivity contribution in [2.45, 2.75) is 70.8 Å². The van der Waals surface area contributed by atoms with Gasteiger partial charge < -0.3 is 4.74 Å². The number of hydrogen-bond donors (Lipinski definition) is 0. The summed E-state index contributed by atoms with van der Waals surface area (Å²) in [7, 11) is 0. The van der Waals surface area contributed by atoms with Crippen LogP contribution in [0.25, 0.3) is 0 Å². The summed E-state index contributed by atoms with van der Waals surface area (Å²) >= 11 is 0. The van der Waals surface area contributed by atoms with Crippen molar-refractivity contribution >= 4 is 0 Å². The predicted molar refractivity (Wildman–Crippen MR) is 111 cm³/mol. The van der Waals surface area contributed by atoms with Gasteiger partial charge in [-0.3, -0.25) is 0 Å². The van der Waals surface area contributed by atoms with E-state index in [4.69, 9.17) is 0 Å². The molecular formula is C25H29F7O. The molecule has 2 aliphatic rings. The van der Waals surface area contributed by atoms with Gasteiger partial charge in [0.1, 0.15) is 17.4 Å². The second-order valence-corrected chi connectivity index (χ2v) is 9.08. The minimum atomic E-state index is -3.79. The zero-order valence-corrected chi connectivity index (χ0v) is 18.5. The number of hydrogen-bond acceptors (Lipinski definition) is 1. The van der Waals surface area contributed by atoms with E-state index in [-0.39, 0.29) is 25.7 Å². The van der Waals surface area contributed by atoms with Gasteiger partial charge in [0.05, 0.1) is 5.92 Å². The van der Waals surface area contributed by atoms with E-state index in [9.17, 15) is 30.7 Å². The molecule has 0 amide bonds. The number of allylic oxidation sites excluding steroid dienone is 4. The summed E-state index contributed by atoms with van der Waals surface area (Å²) in [5, 5.41) is 0. The average molecular weight is 478 g/mol. The third-order valence-corrected chi connectivity index (χ3v) is 6.72. The molecule has 1 fully saturated rings. The SMILES string of the molecule is CCCCC1C=CC(/C(F)=C(\F)C2CCC(C(F)(F)Oc3cc(F)c(F)c(F)c3)CC2)CC1. The van der Waals surface area contributed by atoms with Crippen molar-refractivity contribution in [2.75, 3.05) is 0 Å². The lowest BCUT2D eigenvalue weighted by atomic mass is 9.79. The predicted octanol–water partition coefficient (Wildman–Crippen LogP) is 8.81. The number of halogens is 7. The highest BCUT2D eigenvalue weighted by molar-refractivity contribution is 5.25. The Balaban J connectivity index is 1.58. The lowest BCUT2D eigenvalue weighted by Crippen LogP contribution is -2.37. The molecular weight excluding hydrogens is 449 g/mol. The topological polar surface area (TPSA) is 9.23 Å². The third-order valence-electron chi connectivity index (χ3n) is 6.72. The van der Waals surface area contributed by atoms with Crippen molar-refractivity contribution in [3.63, 3.8) is 0 Å². The number of alkyl halides is 2. The highest BCUT2D eigenvalue weighted by Gasteiger charge is 2.45. The van der Waals surface area contributed by atoms with E-state index in [0.29, 0.717) is 24.5 Å². The Morgan fingerprint density at radius 2 is 1.55 bits per heavy atom. The van der Waals surface area contributed by atoms with E-state index in [2.05, 4.69) is 11.7 Å². The van der Waals surface area contributed by atoms with Crippen LogP contribution in [0.4, 0.5) is 30.7 Å². The molecule has 0 aliphatic heterocycles. The summed E-state index contributed by atoms with van der Waals surface area (Å²) in [5.41, 5.74) is 0. The molecule has 0 spiro atoms. The van der Waals surface area contributed by atoms with E-state index in [1.54, 1.807) is 6.08 Å². The van der Waals surface area contributed by atoms with Crippen LogP contribution in [0.5, 0.6) is 5.75 Å². The van der Waals surface area contributed by atoms with E-state index in [0.717, 1.165) is 25.7 Å². The van der Waals surface area contributed by atoms with Gasteiger partial charge in [-0.05, 0) is 50.9 Å². The maximum atomic E-state index is 14.8. The molecule has 1 aromatic carbocycles. The van der Waals surface area contributed by atoms with Gasteiger partial charge in [0.15, 0.2) is 17.5 Å². The molecule has 33 heavy (non-hydrogen) atoms. The molecule has 0 bridgehead atoms. The largest absolute Gasteiger partial charge is 0.432 e. The number of ether oxygens (including phenoxy) is 1. The fourth-order valence-electron chi connectivity index (χ4n) is 4.68. The summed E-state index contributed by atoms with van der Waals surface area (Å²) in [5.74, 6) is -9.94. The maximum absolute atomic E-state index is 14.8. The fourth-order valence-corrected chi connectivity index (χ4v) is 4.68. The Morgan fingerprint density at radius 3 is 2.09 bits per heavy atom. The number of rotatable bonds is 8. The molecule has 184 valence electrons. The molecule has 0 heterocycles. The van der Waals surface area contributed by atoms with Crippen molar-refractivity contribution in [3.05, 3.63) is 53.4 Å². The molecule has 1 saturated carbocycles. The summed E-state index contributed by atoms with van der Waals surface area (Å²) < 4.78 is 103. The Labute approximate surface area is 189 Å². The normalized spacial score (nSPS) is 26.8. The van der Waals surface area contributed by atoms with Gasteiger partial charge in [-0.25, -0.2) is 22.0 Å². The molecule has 2 unspecified atom stereocenters. The fraction of sp³-hybridized carbons (Fsp3) is 0.600. The smallest absolute Gasteiger partial charge is 0.400 e. The van der Waals surface area contributed by atoms with Gasteiger partial charge in [0.25, 0.3) is 0 Å². The van der Waals surface area contributed by atoms with Crippen LogP contribution in [0.1, 0.15) is 64.7 Å². The Hall–Kier alpha value is -1.99. The van der Waals surface area contributed by atoms with Crippen LogP contribution in [-0.4, -0.2) is 6.11 Å². The lowest BCUT2D eigenvalue weighted by Gasteiger charge is -2.33. The van der Waals surface area contributed by atoms with Crippen molar-refractivity contribution < 1.29 is 35.5 Å². The second kappa shape index (κ2) is 11.0. The van der Waals surface area contributed by atoms with Crippen LogP contribution in [-0.2, 0) is 0 Å². The van der Waals surface area contributed by atoms with Crippen molar-refractivity contribution in [2.24, 2.45) is 23.7 Å². The zero-order valence-electron chi connectivity index (χ0n) is 18.5. The molecule has 2 aliphatic carbocycles. The summed E-state index contributed by atoms with van der Waals surface area (Å²) in [6, 6.07) is 0.695. The molecule has 3 rings (SSSR count). The van der Waals surface area contributed by atoms with Crippen LogP contribution < -0.4 is 4.74 Å². The van der Waals surface area contributed by atoms with Crippen molar-refractivity contribution in [1.82, 2.24) is 0 Å². The molecule has 1 nitrogen and oxygen atoms in total. The van der Waals surface area contributed by atoms with E-state index in [1.807, 2.05) is 6.08 Å². The van der Waals surface area contributed by atoms with Gasteiger partial charge in [-0.15, -0.1) is 0 Å². The molecule has 8 heteroatoms. The molecule has 0 aromatic heterocycles. The average Bonchev–Trinajstić information content (AvgIpc) is 2.80. The standard InChI is InChI=1S/C25H29F7O/c1-2-3-4-15-5-7-16(8-6-15)22(28)23(29)17-9-11-18(12-10-17)25(31,32)33-19-13-20(26)24(30)21(27)14-19/h5,7,13-18H,2-4,6,8-12H2,1H3/b23-22+. The first-order chi connectivity index (χ1) is 15.6. The first kappa shape index (κ1) is 25.6. The minimum Gasteiger partial charge on any atom is -0.432 e. The third kappa shape index (κ3) is 6.33. The molecule has 0 saturated heterocycles. The lowest BCUT2D eigenvalue weighted by molar-refractivity contribution is -0.223. The van der Waals surface area contributed by atoms with Crippen LogP contribution in [0.2, 0.25) is 0 Å². The van der Waals surface area contributed by atoms with E-state index >= 15 is 0 Å². The van der Waals surface area contributed by atoms with Crippen LogP contribution in [0, 0.1) is 41.1 Å². The zero-order chi connectivity index (χ0) is 24.2. The van der Waals surface area contributed by atoms with Crippen LogP contribution in [0.15, 0.2) is 35.9 Å². The summed E-state index contributed by atoms with van der Waals surface area (Å²) in [6.45, 7) is 2.10. The Kier molecular flexibility index (Phi) is 8.51. The number of benzene rings is 1. The van der Waals surface area contributed by atoms with E-state index < -0.39 is 58.7 Å². The molecule has 2 atom stereocenters. The Bertz CT molecular complexity index is 849. The second-order valence-electron chi connectivity index (χ2n) is 9.08. The molecule has 1 aromatic rings. The van der Waals surface area contributed by atoms with Crippen LogP contribution in [0.3, 0.4) is 0 Å². The highest BCUT2D eigenvalue weighted by atomic mass is 19.3. The minimum absolute atomic E-state index is 0.00453. The number of unbranched alkanes of at least 4 members (excludes halogenated alkanes) is 1. The summed E-state index contributed by atoms with van der Waals surface area (Å²) in [6.07, 6.45) is 4.11.